The second-order valence-corrected chi connectivity index (χ2v) is 5.70. The van der Waals surface area contributed by atoms with Crippen LogP contribution in [0.2, 0.25) is 0 Å². The largest absolute Gasteiger partial charge is 0.375 e. The van der Waals surface area contributed by atoms with E-state index in [2.05, 4.69) is 38.2 Å². The zero-order chi connectivity index (χ0) is 15.2. The Morgan fingerprint density at radius 1 is 1.48 bits per heavy atom. The number of carbonyl (C=O) groups is 1. The molecule has 1 heterocycles. The molecule has 0 aliphatic carbocycles. The fourth-order valence-electron chi connectivity index (χ4n) is 2.73. The summed E-state index contributed by atoms with van der Waals surface area (Å²) >= 11 is 0. The molecule has 1 saturated heterocycles. The monoisotopic (exact) mass is 290 g/mol. The van der Waals surface area contributed by atoms with E-state index in [9.17, 15) is 4.79 Å². The van der Waals surface area contributed by atoms with Gasteiger partial charge in [-0.2, -0.15) is 0 Å². The van der Waals surface area contributed by atoms with Crippen molar-refractivity contribution in [3.05, 3.63) is 35.4 Å². The lowest BCUT2D eigenvalue weighted by Crippen LogP contribution is -2.48. The predicted molar refractivity (Wildman–Crippen MR) is 84.2 cm³/mol. The van der Waals surface area contributed by atoms with Gasteiger partial charge in [0.25, 0.3) is 0 Å². The van der Waals surface area contributed by atoms with Crippen molar-refractivity contribution in [1.82, 2.24) is 10.2 Å². The Labute approximate surface area is 127 Å². The van der Waals surface area contributed by atoms with Crippen molar-refractivity contribution < 1.29 is 9.53 Å². The summed E-state index contributed by atoms with van der Waals surface area (Å²) in [5.41, 5.74) is 2.50. The quantitative estimate of drug-likeness (QED) is 0.904. The first-order valence-electron chi connectivity index (χ1n) is 7.80. The molecule has 1 aliphatic heterocycles. The number of aryl methyl sites for hydroxylation is 1. The van der Waals surface area contributed by atoms with Gasteiger partial charge in [0.05, 0.1) is 19.3 Å². The van der Waals surface area contributed by atoms with Crippen molar-refractivity contribution in [3.63, 3.8) is 0 Å². The highest BCUT2D eigenvalue weighted by molar-refractivity contribution is 5.78. The number of nitrogens with zero attached hydrogens (tertiary/aromatic N) is 1. The van der Waals surface area contributed by atoms with Crippen molar-refractivity contribution in [2.75, 3.05) is 26.2 Å². The van der Waals surface area contributed by atoms with Crippen LogP contribution in [-0.2, 0) is 9.53 Å². The fourth-order valence-corrected chi connectivity index (χ4v) is 2.73. The summed E-state index contributed by atoms with van der Waals surface area (Å²) in [6.45, 7) is 8.75. The number of morpholine rings is 1. The smallest absolute Gasteiger partial charge is 0.236 e. The van der Waals surface area contributed by atoms with Crippen LogP contribution in [-0.4, -0.2) is 43.2 Å². The molecular weight excluding hydrogens is 264 g/mol. The minimum atomic E-state index is 0.164. The summed E-state index contributed by atoms with van der Waals surface area (Å²) in [6.07, 6.45) is 1.15. The number of hydrogen-bond donors (Lipinski definition) is 1. The molecule has 2 atom stereocenters. The van der Waals surface area contributed by atoms with Crippen LogP contribution in [0.3, 0.4) is 0 Å². The molecule has 21 heavy (non-hydrogen) atoms. The molecule has 0 radical (unpaired) electrons. The first-order valence-corrected chi connectivity index (χ1v) is 7.80. The summed E-state index contributed by atoms with van der Waals surface area (Å²) in [4.78, 5) is 14.2. The Morgan fingerprint density at radius 2 is 2.24 bits per heavy atom. The molecular formula is C17H26N2O2. The van der Waals surface area contributed by atoms with Gasteiger partial charge in [-0.1, -0.05) is 31.2 Å². The van der Waals surface area contributed by atoms with Crippen molar-refractivity contribution in [2.24, 2.45) is 0 Å². The SMILES string of the molecule is CC[C@@H]1CN(C(=O)CN[C@H](C)c2ccccc2C)CCO1. The summed E-state index contributed by atoms with van der Waals surface area (Å²) < 4.78 is 5.60. The Balaban J connectivity index is 1.85. The second kappa shape index (κ2) is 7.57. The number of ether oxygens (including phenoxy) is 1. The van der Waals surface area contributed by atoms with Gasteiger partial charge < -0.3 is 15.0 Å². The van der Waals surface area contributed by atoms with Crippen molar-refractivity contribution in [2.45, 2.75) is 39.3 Å². The third-order valence-corrected chi connectivity index (χ3v) is 4.16. The van der Waals surface area contributed by atoms with Gasteiger partial charge in [0.1, 0.15) is 0 Å². The molecule has 0 unspecified atom stereocenters. The van der Waals surface area contributed by atoms with Crippen LogP contribution in [0, 0.1) is 6.92 Å². The highest BCUT2D eigenvalue weighted by Gasteiger charge is 2.23. The molecule has 1 N–H and O–H groups in total. The maximum Gasteiger partial charge on any atom is 0.236 e. The highest BCUT2D eigenvalue weighted by Crippen LogP contribution is 2.16. The number of hydrogen-bond acceptors (Lipinski definition) is 3. The van der Waals surface area contributed by atoms with E-state index in [1.54, 1.807) is 0 Å². The molecule has 1 aromatic rings. The van der Waals surface area contributed by atoms with Crippen LogP contribution >= 0.6 is 0 Å². The number of rotatable bonds is 5. The lowest BCUT2D eigenvalue weighted by atomic mass is 10.0. The molecule has 0 spiro atoms. The maximum absolute atomic E-state index is 12.3. The van der Waals surface area contributed by atoms with Crippen molar-refractivity contribution in [1.29, 1.82) is 0 Å². The molecule has 4 nitrogen and oxygen atoms in total. The number of amides is 1. The predicted octanol–water partition coefficient (Wildman–Crippen LogP) is 2.28. The topological polar surface area (TPSA) is 41.6 Å². The lowest BCUT2D eigenvalue weighted by molar-refractivity contribution is -0.138. The number of carbonyl (C=O) groups excluding carboxylic acids is 1. The lowest BCUT2D eigenvalue weighted by Gasteiger charge is -2.33. The third-order valence-electron chi connectivity index (χ3n) is 4.16. The molecule has 1 aliphatic rings. The van der Waals surface area contributed by atoms with Crippen LogP contribution in [0.15, 0.2) is 24.3 Å². The van der Waals surface area contributed by atoms with E-state index in [0.717, 1.165) is 13.0 Å². The molecule has 0 aromatic heterocycles. The molecule has 0 bridgehead atoms. The average Bonchev–Trinajstić information content (AvgIpc) is 2.52. The van der Waals surface area contributed by atoms with Gasteiger partial charge in [0, 0.05) is 19.1 Å². The van der Waals surface area contributed by atoms with E-state index in [-0.39, 0.29) is 18.1 Å². The third kappa shape index (κ3) is 4.29. The Bertz CT molecular complexity index is 476. The van der Waals surface area contributed by atoms with E-state index >= 15 is 0 Å². The normalized spacial score (nSPS) is 20.3. The highest BCUT2D eigenvalue weighted by atomic mass is 16.5. The van der Waals surface area contributed by atoms with Gasteiger partial charge in [-0.25, -0.2) is 0 Å². The van der Waals surface area contributed by atoms with Gasteiger partial charge in [-0.15, -0.1) is 0 Å². The summed E-state index contributed by atoms with van der Waals surface area (Å²) in [6, 6.07) is 8.46. The van der Waals surface area contributed by atoms with Gasteiger partial charge in [0.15, 0.2) is 0 Å². The average molecular weight is 290 g/mol. The maximum atomic E-state index is 12.3. The standard InChI is InChI=1S/C17H26N2O2/c1-4-15-12-19(9-10-21-15)17(20)11-18-14(3)16-8-6-5-7-13(16)2/h5-8,14-15,18H,4,9-12H2,1-3H3/t14-,15-/m1/s1. The minimum absolute atomic E-state index is 0.164. The molecule has 1 aromatic carbocycles. The first kappa shape index (κ1) is 16.0. The summed E-state index contributed by atoms with van der Waals surface area (Å²) in [7, 11) is 0. The Morgan fingerprint density at radius 3 is 2.95 bits per heavy atom. The summed E-state index contributed by atoms with van der Waals surface area (Å²) in [5.74, 6) is 0.164. The zero-order valence-corrected chi connectivity index (χ0v) is 13.3. The van der Waals surface area contributed by atoms with Crippen LogP contribution < -0.4 is 5.32 Å². The van der Waals surface area contributed by atoms with Crippen LogP contribution in [0.5, 0.6) is 0 Å². The number of benzene rings is 1. The zero-order valence-electron chi connectivity index (χ0n) is 13.3. The van der Waals surface area contributed by atoms with E-state index in [1.807, 2.05) is 17.0 Å². The Kier molecular flexibility index (Phi) is 5.76. The molecule has 0 saturated carbocycles. The van der Waals surface area contributed by atoms with E-state index in [0.29, 0.717) is 19.7 Å². The van der Waals surface area contributed by atoms with Crippen molar-refractivity contribution in [3.8, 4) is 0 Å². The Hall–Kier alpha value is -1.39. The molecule has 1 fully saturated rings. The van der Waals surface area contributed by atoms with Crippen LogP contribution in [0.1, 0.15) is 37.4 Å². The van der Waals surface area contributed by atoms with Crippen LogP contribution in [0.4, 0.5) is 0 Å². The van der Waals surface area contributed by atoms with Crippen molar-refractivity contribution >= 4 is 5.91 Å². The summed E-state index contributed by atoms with van der Waals surface area (Å²) in [5, 5.41) is 3.34. The molecule has 4 heteroatoms. The van der Waals surface area contributed by atoms with Crippen LogP contribution in [0.25, 0.3) is 0 Å². The van der Waals surface area contributed by atoms with E-state index in [1.165, 1.54) is 11.1 Å². The van der Waals surface area contributed by atoms with Gasteiger partial charge in [0.2, 0.25) is 5.91 Å². The van der Waals surface area contributed by atoms with E-state index in [4.69, 9.17) is 4.74 Å². The number of nitrogens with one attached hydrogen (secondary N) is 1. The molecule has 1 amide bonds. The second-order valence-electron chi connectivity index (χ2n) is 5.70. The van der Waals surface area contributed by atoms with Gasteiger partial charge in [-0.3, -0.25) is 4.79 Å². The minimum Gasteiger partial charge on any atom is -0.375 e. The molecule has 2 rings (SSSR count). The van der Waals surface area contributed by atoms with Gasteiger partial charge in [-0.05, 0) is 31.4 Å². The van der Waals surface area contributed by atoms with Gasteiger partial charge >= 0.3 is 0 Å². The first-order chi connectivity index (χ1) is 10.1. The van der Waals surface area contributed by atoms with E-state index < -0.39 is 0 Å². The molecule has 116 valence electrons. The fraction of sp³-hybridized carbons (Fsp3) is 0.588.